The van der Waals surface area contributed by atoms with Crippen molar-refractivity contribution in [3.05, 3.63) is 204 Å². The maximum Gasteiger partial charge on any atom is 0.133 e. The van der Waals surface area contributed by atoms with E-state index in [1.165, 1.54) is 38.6 Å². The normalized spacial score (nSPS) is 21.8. The fraction of sp³-hybridized carbons (Fsp3) is 0.122. The first-order chi connectivity index (χ1) is 25.9. The van der Waals surface area contributed by atoms with Gasteiger partial charge in [0, 0.05) is 44.5 Å². The number of anilines is 2. The minimum atomic E-state index is -0.698. The molecule has 53 heavy (non-hydrogen) atoms. The largest absolute Gasteiger partial charge is 0.339 e. The maximum atomic E-state index is 5.66. The van der Waals surface area contributed by atoms with Crippen LogP contribution in [0, 0.1) is 0 Å². The molecule has 3 aliphatic rings. The molecule has 2 aliphatic heterocycles. The molecule has 256 valence electrons. The van der Waals surface area contributed by atoms with Gasteiger partial charge in [-0.3, -0.25) is 4.99 Å². The molecule has 1 aromatic heterocycles. The van der Waals surface area contributed by atoms with E-state index < -0.39 is 5.54 Å². The van der Waals surface area contributed by atoms with E-state index in [4.69, 9.17) is 4.99 Å². The Morgan fingerprint density at radius 3 is 1.94 bits per heavy atom. The number of nitrogens with zero attached hydrogens (tertiary/aromatic N) is 3. The van der Waals surface area contributed by atoms with Crippen LogP contribution in [0.4, 0.5) is 11.4 Å². The predicted molar refractivity (Wildman–Crippen MR) is 221 cm³/mol. The molecule has 0 saturated heterocycles. The molecule has 0 bridgehead atoms. The quantitative estimate of drug-likeness (QED) is 0.196. The van der Waals surface area contributed by atoms with Crippen molar-refractivity contribution in [1.82, 2.24) is 9.88 Å². The number of allylic oxidation sites excluding steroid dienone is 2. The van der Waals surface area contributed by atoms with Gasteiger partial charge in [0.05, 0.1) is 17.1 Å². The minimum Gasteiger partial charge on any atom is -0.339 e. The van der Waals surface area contributed by atoms with Gasteiger partial charge in [0.25, 0.3) is 0 Å². The van der Waals surface area contributed by atoms with Crippen LogP contribution in [0.2, 0.25) is 0 Å². The Balaban J connectivity index is 1.28. The van der Waals surface area contributed by atoms with E-state index in [0.717, 1.165) is 39.6 Å². The molecule has 6 aromatic carbocycles. The van der Waals surface area contributed by atoms with Crippen molar-refractivity contribution in [2.75, 3.05) is 4.90 Å². The Bertz CT molecular complexity index is 2640. The standard InChI is InChI=1S/C49H40N4/c1-33-46(34-18-6-4-7-19-34)50-47(35-20-8-5-9-21-35)51-49(33,3)36-30-37(52-42-25-13-10-22-39(42)40-23-11-14-26-43(40)52)32-38(31-36)53-44-27-15-12-24-41(44)48(2)29-17-16-28-45(48)53/h4-32,45H,1-3H3,(H,50,51). The number of hydrogen-bond donors (Lipinski definition) is 1. The number of aromatic nitrogens is 1. The summed E-state index contributed by atoms with van der Waals surface area (Å²) in [6, 6.07) is 54.9. The van der Waals surface area contributed by atoms with Crippen LogP contribution in [0.5, 0.6) is 0 Å². The molecule has 3 unspecified atom stereocenters. The molecule has 1 N–H and O–H groups in total. The first-order valence-corrected chi connectivity index (χ1v) is 18.5. The van der Waals surface area contributed by atoms with Gasteiger partial charge < -0.3 is 14.8 Å². The summed E-state index contributed by atoms with van der Waals surface area (Å²) in [6.07, 6.45) is 9.14. The van der Waals surface area contributed by atoms with Crippen molar-refractivity contribution in [2.45, 2.75) is 37.8 Å². The van der Waals surface area contributed by atoms with Crippen LogP contribution in [-0.2, 0) is 11.0 Å². The zero-order chi connectivity index (χ0) is 35.7. The maximum absolute atomic E-state index is 5.66. The van der Waals surface area contributed by atoms with Crippen LogP contribution in [0.1, 0.15) is 43.0 Å². The third kappa shape index (κ3) is 4.72. The van der Waals surface area contributed by atoms with Crippen molar-refractivity contribution < 1.29 is 0 Å². The Labute approximate surface area is 310 Å². The van der Waals surface area contributed by atoms with E-state index in [2.05, 4.69) is 212 Å². The monoisotopic (exact) mass is 684 g/mol. The smallest absolute Gasteiger partial charge is 0.133 e. The lowest BCUT2D eigenvalue weighted by molar-refractivity contribution is 0.549. The van der Waals surface area contributed by atoms with E-state index >= 15 is 0 Å². The summed E-state index contributed by atoms with van der Waals surface area (Å²) in [5, 5.41) is 6.26. The van der Waals surface area contributed by atoms with Gasteiger partial charge >= 0.3 is 0 Å². The Morgan fingerprint density at radius 2 is 1.23 bits per heavy atom. The SMILES string of the molecule is CC1=C(c2ccccc2)NC(c2ccccc2)=NC1(C)c1cc(N2c3ccccc3C3(C)C=CC=CC23)cc(-n2c3ccccc3c3ccccc32)c1. The number of rotatable bonds is 5. The molecule has 3 atom stereocenters. The zero-order valence-electron chi connectivity index (χ0n) is 30.2. The summed E-state index contributed by atoms with van der Waals surface area (Å²) in [6.45, 7) is 6.90. The lowest BCUT2D eigenvalue weighted by atomic mass is 9.76. The average Bonchev–Trinajstić information content (AvgIpc) is 3.69. The third-order valence-electron chi connectivity index (χ3n) is 11.9. The summed E-state index contributed by atoms with van der Waals surface area (Å²) in [7, 11) is 0. The summed E-state index contributed by atoms with van der Waals surface area (Å²) in [5.74, 6) is 0.862. The summed E-state index contributed by atoms with van der Waals surface area (Å²) < 4.78 is 2.44. The predicted octanol–water partition coefficient (Wildman–Crippen LogP) is 11.4. The third-order valence-corrected chi connectivity index (χ3v) is 11.9. The number of aliphatic imine (C=N–C) groups is 1. The molecule has 4 nitrogen and oxygen atoms in total. The molecule has 0 radical (unpaired) electrons. The first kappa shape index (κ1) is 31.4. The molecule has 1 aliphatic carbocycles. The molecule has 4 heteroatoms. The van der Waals surface area contributed by atoms with Gasteiger partial charge in [0.1, 0.15) is 11.4 Å². The molecule has 0 amide bonds. The highest BCUT2D eigenvalue weighted by Gasteiger charge is 2.47. The molecule has 3 heterocycles. The molecular formula is C49H40N4. The van der Waals surface area contributed by atoms with Gasteiger partial charge in [-0.25, -0.2) is 0 Å². The van der Waals surface area contributed by atoms with Crippen LogP contribution in [-0.4, -0.2) is 16.4 Å². The van der Waals surface area contributed by atoms with Gasteiger partial charge in [0.2, 0.25) is 0 Å². The topological polar surface area (TPSA) is 32.6 Å². The van der Waals surface area contributed by atoms with Gasteiger partial charge in [-0.2, -0.15) is 0 Å². The highest BCUT2D eigenvalue weighted by atomic mass is 15.2. The molecule has 7 aromatic rings. The number of para-hydroxylation sites is 3. The van der Waals surface area contributed by atoms with Crippen LogP contribution in [0.25, 0.3) is 33.2 Å². The summed E-state index contributed by atoms with van der Waals surface area (Å²) >= 11 is 0. The van der Waals surface area contributed by atoms with E-state index in [1.54, 1.807) is 0 Å². The Kier molecular flexibility index (Phi) is 7.00. The van der Waals surface area contributed by atoms with Crippen LogP contribution >= 0.6 is 0 Å². The van der Waals surface area contributed by atoms with E-state index in [9.17, 15) is 0 Å². The van der Waals surface area contributed by atoms with E-state index in [0.29, 0.717) is 0 Å². The number of nitrogens with one attached hydrogen (secondary N) is 1. The van der Waals surface area contributed by atoms with Crippen molar-refractivity contribution in [3.63, 3.8) is 0 Å². The van der Waals surface area contributed by atoms with Crippen LogP contribution < -0.4 is 10.2 Å². The second-order valence-corrected chi connectivity index (χ2v) is 14.9. The second-order valence-electron chi connectivity index (χ2n) is 14.9. The molecule has 10 rings (SSSR count). The number of fused-ring (bicyclic) bond motifs is 6. The fourth-order valence-corrected chi connectivity index (χ4v) is 8.96. The van der Waals surface area contributed by atoms with Crippen LogP contribution in [0.3, 0.4) is 0 Å². The average molecular weight is 685 g/mol. The van der Waals surface area contributed by atoms with Crippen molar-refractivity contribution in [2.24, 2.45) is 4.99 Å². The Hall–Kier alpha value is -6.39. The summed E-state index contributed by atoms with van der Waals surface area (Å²) in [4.78, 5) is 8.22. The lowest BCUT2D eigenvalue weighted by Gasteiger charge is -2.38. The first-order valence-electron chi connectivity index (χ1n) is 18.5. The van der Waals surface area contributed by atoms with Crippen molar-refractivity contribution in [3.8, 4) is 5.69 Å². The molecule has 0 fully saturated rings. The van der Waals surface area contributed by atoms with Gasteiger partial charge in [-0.15, -0.1) is 0 Å². The number of amidine groups is 1. The summed E-state index contributed by atoms with van der Waals surface area (Å²) in [5.41, 5.74) is 11.9. The molecule has 0 spiro atoms. The van der Waals surface area contributed by atoms with E-state index in [1.807, 2.05) is 0 Å². The number of hydrogen-bond acceptors (Lipinski definition) is 3. The highest BCUT2D eigenvalue weighted by Crippen LogP contribution is 2.52. The zero-order valence-corrected chi connectivity index (χ0v) is 30.2. The van der Waals surface area contributed by atoms with Crippen molar-refractivity contribution >= 4 is 44.7 Å². The lowest BCUT2D eigenvalue weighted by Crippen LogP contribution is -2.39. The van der Waals surface area contributed by atoms with E-state index in [-0.39, 0.29) is 11.5 Å². The van der Waals surface area contributed by atoms with Gasteiger partial charge in [0.15, 0.2) is 0 Å². The molecular weight excluding hydrogens is 645 g/mol. The number of benzene rings is 6. The van der Waals surface area contributed by atoms with Crippen LogP contribution in [0.15, 0.2) is 187 Å². The van der Waals surface area contributed by atoms with Gasteiger partial charge in [-0.05, 0) is 79.4 Å². The second kappa shape index (κ2) is 11.8. The van der Waals surface area contributed by atoms with Crippen molar-refractivity contribution in [1.29, 1.82) is 0 Å². The minimum absolute atomic E-state index is 0.117. The highest BCUT2D eigenvalue weighted by molar-refractivity contribution is 6.09. The fourth-order valence-electron chi connectivity index (χ4n) is 8.96. The molecule has 0 saturated carbocycles. The Morgan fingerprint density at radius 1 is 0.623 bits per heavy atom. The van der Waals surface area contributed by atoms with Gasteiger partial charge in [-0.1, -0.05) is 140 Å².